The van der Waals surface area contributed by atoms with Crippen LogP contribution >= 0.6 is 0 Å². The molecule has 0 spiro atoms. The van der Waals surface area contributed by atoms with E-state index in [1.807, 2.05) is 0 Å². The van der Waals surface area contributed by atoms with Gasteiger partial charge in [-0.1, -0.05) is 156 Å². The van der Waals surface area contributed by atoms with Gasteiger partial charge in [0.25, 0.3) is 0 Å². The van der Waals surface area contributed by atoms with Gasteiger partial charge in [-0.3, -0.25) is 0 Å². The van der Waals surface area contributed by atoms with Gasteiger partial charge in [0.05, 0.1) is 0 Å². The van der Waals surface area contributed by atoms with Gasteiger partial charge in [0.2, 0.25) is 0 Å². The van der Waals surface area contributed by atoms with Gasteiger partial charge in [-0.25, -0.2) is 0 Å². The van der Waals surface area contributed by atoms with Crippen molar-refractivity contribution in [1.82, 2.24) is 9.80 Å². The Hall–Kier alpha value is -0.660. The second-order valence-corrected chi connectivity index (χ2v) is 11.5. The Morgan fingerprint density at radius 1 is 0.371 bits per heavy atom. The van der Waals surface area contributed by atoms with Crippen LogP contribution in [0, 0.1) is 0 Å². The third-order valence-electron chi connectivity index (χ3n) is 8.07. The maximum atomic E-state index is 2.68. The normalized spacial score (nSPS) is 15.6. The van der Waals surface area contributed by atoms with Crippen LogP contribution in [0.1, 0.15) is 181 Å². The van der Waals surface area contributed by atoms with Crippen molar-refractivity contribution < 1.29 is 0 Å². The van der Waals surface area contributed by atoms with Crippen LogP contribution < -0.4 is 0 Å². The van der Waals surface area contributed by atoms with Crippen molar-refractivity contribution in [2.24, 2.45) is 0 Å². The quantitative estimate of drug-likeness (QED) is 0.106. The van der Waals surface area contributed by atoms with Crippen LogP contribution in [0.5, 0.6) is 0 Å². The highest BCUT2D eigenvalue weighted by Crippen LogP contribution is 2.23. The largest absolute Gasteiger partial charge is 0.356 e. The summed E-state index contributed by atoms with van der Waals surface area (Å²) in [5, 5.41) is 0. The molecule has 35 heavy (non-hydrogen) atoms. The molecule has 1 rings (SSSR count). The first-order chi connectivity index (χ1) is 17.3. The van der Waals surface area contributed by atoms with Gasteiger partial charge < -0.3 is 9.80 Å². The lowest BCUT2D eigenvalue weighted by Gasteiger charge is -2.33. The molecule has 0 saturated heterocycles. The topological polar surface area (TPSA) is 6.48 Å². The predicted molar refractivity (Wildman–Crippen MR) is 159 cm³/mol. The molecule has 0 fully saturated rings. The van der Waals surface area contributed by atoms with Crippen molar-refractivity contribution in [3.8, 4) is 0 Å². The highest BCUT2D eigenvalue weighted by Gasteiger charge is 2.24. The Labute approximate surface area is 222 Å². The molecule has 0 aromatic heterocycles. The van der Waals surface area contributed by atoms with E-state index in [1.54, 1.807) is 0 Å². The maximum absolute atomic E-state index is 2.68. The predicted octanol–water partition coefficient (Wildman–Crippen LogP) is 11.2. The van der Waals surface area contributed by atoms with Crippen LogP contribution in [0.3, 0.4) is 0 Å². The van der Waals surface area contributed by atoms with Gasteiger partial charge in [-0.05, 0) is 25.7 Å². The highest BCUT2D eigenvalue weighted by atomic mass is 15.4. The fraction of sp³-hybridized carbons (Fsp3) is 0.939. The smallest absolute Gasteiger partial charge is 0.101 e. The zero-order valence-corrected chi connectivity index (χ0v) is 24.7. The molecule has 0 N–H and O–H groups in total. The number of hydrogen-bond donors (Lipinski definition) is 0. The molecule has 1 aliphatic rings. The monoisotopic (exact) mass is 491 g/mol. The lowest BCUT2D eigenvalue weighted by atomic mass is 10.0. The lowest BCUT2D eigenvalue weighted by Crippen LogP contribution is -2.39. The number of unbranched alkanes of at least 4 members (excludes halogenated alkanes) is 21. The Kier molecular flexibility index (Phi) is 23.1. The zero-order chi connectivity index (χ0) is 25.2. The summed E-state index contributed by atoms with van der Waals surface area (Å²) in [5.74, 6) is 0. The van der Waals surface area contributed by atoms with E-state index in [1.165, 1.54) is 174 Å². The van der Waals surface area contributed by atoms with E-state index in [2.05, 4.69) is 43.0 Å². The summed E-state index contributed by atoms with van der Waals surface area (Å²) in [6.45, 7) is 9.46. The molecule has 0 bridgehead atoms. The average molecular weight is 491 g/mol. The summed E-state index contributed by atoms with van der Waals surface area (Å²) >= 11 is 0. The minimum Gasteiger partial charge on any atom is -0.356 e. The van der Waals surface area contributed by atoms with Crippen molar-refractivity contribution in [3.05, 3.63) is 12.4 Å². The van der Waals surface area contributed by atoms with E-state index < -0.39 is 0 Å². The van der Waals surface area contributed by atoms with E-state index in [0.29, 0.717) is 6.17 Å². The van der Waals surface area contributed by atoms with E-state index in [0.717, 1.165) is 0 Å². The summed E-state index contributed by atoms with van der Waals surface area (Å²) in [6.07, 6.45) is 41.0. The molecule has 2 heteroatoms. The molecule has 1 aliphatic heterocycles. The molecule has 0 radical (unpaired) electrons. The first-order valence-corrected chi connectivity index (χ1v) is 16.5. The molecule has 2 nitrogen and oxygen atoms in total. The second kappa shape index (κ2) is 25.0. The summed E-state index contributed by atoms with van der Waals surface area (Å²) in [7, 11) is 0. The van der Waals surface area contributed by atoms with Gasteiger partial charge >= 0.3 is 0 Å². The van der Waals surface area contributed by atoms with E-state index in [9.17, 15) is 0 Å². The van der Waals surface area contributed by atoms with Gasteiger partial charge in [-0.2, -0.15) is 0 Å². The molecular weight excluding hydrogens is 424 g/mol. The first-order valence-electron chi connectivity index (χ1n) is 16.5. The van der Waals surface area contributed by atoms with Gasteiger partial charge in [-0.15, -0.1) is 0 Å². The Morgan fingerprint density at radius 3 is 1.03 bits per heavy atom. The minimum absolute atomic E-state index is 0.643. The van der Waals surface area contributed by atoms with Crippen molar-refractivity contribution in [2.45, 2.75) is 187 Å². The van der Waals surface area contributed by atoms with Crippen LogP contribution in [0.15, 0.2) is 12.4 Å². The number of nitrogens with zero attached hydrogens (tertiary/aromatic N) is 2. The van der Waals surface area contributed by atoms with Crippen LogP contribution in [-0.4, -0.2) is 29.1 Å². The molecule has 1 atom stereocenters. The van der Waals surface area contributed by atoms with Gasteiger partial charge in [0, 0.05) is 25.5 Å². The molecule has 0 aliphatic carbocycles. The van der Waals surface area contributed by atoms with Crippen molar-refractivity contribution >= 4 is 0 Å². The van der Waals surface area contributed by atoms with Crippen LogP contribution in [0.4, 0.5) is 0 Å². The minimum atomic E-state index is 0.643. The molecule has 1 heterocycles. The van der Waals surface area contributed by atoms with E-state index in [-0.39, 0.29) is 0 Å². The Bertz CT molecular complexity index is 446. The lowest BCUT2D eigenvalue weighted by molar-refractivity contribution is 0.135. The van der Waals surface area contributed by atoms with Gasteiger partial charge in [0.15, 0.2) is 0 Å². The fourth-order valence-corrected chi connectivity index (χ4v) is 5.66. The van der Waals surface area contributed by atoms with E-state index >= 15 is 0 Å². The molecule has 208 valence electrons. The van der Waals surface area contributed by atoms with Crippen LogP contribution in [0.2, 0.25) is 0 Å². The molecular formula is C33H66N2. The molecule has 0 aromatic carbocycles. The van der Waals surface area contributed by atoms with Crippen molar-refractivity contribution in [3.63, 3.8) is 0 Å². The molecule has 1 unspecified atom stereocenters. The number of rotatable bonds is 27. The van der Waals surface area contributed by atoms with Crippen LogP contribution in [0.25, 0.3) is 0 Å². The third kappa shape index (κ3) is 18.3. The number of hydrogen-bond acceptors (Lipinski definition) is 2. The highest BCUT2D eigenvalue weighted by molar-refractivity contribution is 4.97. The molecule has 0 aromatic rings. The summed E-state index contributed by atoms with van der Waals surface area (Å²) in [6, 6.07) is 0. The zero-order valence-electron chi connectivity index (χ0n) is 24.7. The standard InChI is InChI=1S/C33H66N2/c1-4-7-10-13-14-15-16-17-18-19-20-21-22-24-27-30-35-32-31-34(29-26-12-9-6-3)33(35)28-25-23-11-8-5-2/h31-33H,4-30H2,1-3H3. The third-order valence-corrected chi connectivity index (χ3v) is 8.07. The average Bonchev–Trinajstić information content (AvgIpc) is 3.25. The van der Waals surface area contributed by atoms with E-state index in [4.69, 9.17) is 0 Å². The Morgan fingerprint density at radius 2 is 0.657 bits per heavy atom. The van der Waals surface area contributed by atoms with Gasteiger partial charge in [0.1, 0.15) is 6.17 Å². The molecule has 0 amide bonds. The fourth-order valence-electron chi connectivity index (χ4n) is 5.66. The SMILES string of the molecule is CCCCCCCCCCCCCCCCCN1C=CN(CCCCCC)C1CCCCCCC. The Balaban J connectivity index is 2.07. The summed E-state index contributed by atoms with van der Waals surface area (Å²) in [4.78, 5) is 5.35. The van der Waals surface area contributed by atoms with Crippen LogP contribution in [-0.2, 0) is 0 Å². The first kappa shape index (κ1) is 32.4. The van der Waals surface area contributed by atoms with Crippen molar-refractivity contribution in [2.75, 3.05) is 13.1 Å². The summed E-state index contributed by atoms with van der Waals surface area (Å²) in [5.41, 5.74) is 0. The van der Waals surface area contributed by atoms with Crippen molar-refractivity contribution in [1.29, 1.82) is 0 Å². The second-order valence-electron chi connectivity index (χ2n) is 11.5. The summed E-state index contributed by atoms with van der Waals surface area (Å²) < 4.78 is 0. The maximum Gasteiger partial charge on any atom is 0.101 e. The molecule has 0 saturated carbocycles.